The number of pyridine rings is 1. The molecule has 0 spiro atoms. The summed E-state index contributed by atoms with van der Waals surface area (Å²) in [4.78, 5) is 38.6. The number of rotatable bonds is 4. The molecule has 1 aliphatic rings. The van der Waals surface area contributed by atoms with E-state index in [1.807, 2.05) is 0 Å². The predicted octanol–water partition coefficient (Wildman–Crippen LogP) is 0.673. The van der Waals surface area contributed by atoms with Crippen LogP contribution >= 0.6 is 0 Å². The summed E-state index contributed by atoms with van der Waals surface area (Å²) >= 11 is 0. The molecule has 0 radical (unpaired) electrons. The van der Waals surface area contributed by atoms with Crippen molar-refractivity contribution in [3.05, 3.63) is 29.6 Å². The van der Waals surface area contributed by atoms with Gasteiger partial charge >= 0.3 is 12.1 Å². The van der Waals surface area contributed by atoms with Gasteiger partial charge in [-0.05, 0) is 18.6 Å². The van der Waals surface area contributed by atoms with Crippen LogP contribution in [-0.2, 0) is 4.79 Å². The largest absolute Gasteiger partial charge is 0.477 e. The Hall–Kier alpha value is -2.65. The average molecular weight is 331 g/mol. The number of carboxylic acid groups (broad SMARTS) is 1. The molecule has 2 amide bonds. The molecule has 1 atom stereocenters. The second-order valence-corrected chi connectivity index (χ2v) is 4.93. The van der Waals surface area contributed by atoms with Gasteiger partial charge in [-0.2, -0.15) is 13.2 Å². The van der Waals surface area contributed by atoms with Crippen molar-refractivity contribution in [3.8, 4) is 0 Å². The summed E-state index contributed by atoms with van der Waals surface area (Å²) in [6.07, 6.45) is -3.40. The van der Waals surface area contributed by atoms with Gasteiger partial charge in [0.15, 0.2) is 0 Å². The maximum Gasteiger partial charge on any atom is 0.406 e. The van der Waals surface area contributed by atoms with Gasteiger partial charge in [-0.3, -0.25) is 9.59 Å². The van der Waals surface area contributed by atoms with Crippen molar-refractivity contribution in [1.29, 1.82) is 0 Å². The number of amides is 2. The van der Waals surface area contributed by atoms with E-state index in [1.54, 1.807) is 0 Å². The number of hydrogen-bond acceptors (Lipinski definition) is 4. The molecule has 10 heteroatoms. The molecule has 1 saturated heterocycles. The highest BCUT2D eigenvalue weighted by Gasteiger charge is 2.39. The van der Waals surface area contributed by atoms with Crippen molar-refractivity contribution in [2.45, 2.75) is 18.6 Å². The summed E-state index contributed by atoms with van der Waals surface area (Å²) in [7, 11) is 0. The fourth-order valence-electron chi connectivity index (χ4n) is 2.14. The van der Waals surface area contributed by atoms with Crippen molar-refractivity contribution in [1.82, 2.24) is 15.2 Å². The number of carboxylic acids is 1. The van der Waals surface area contributed by atoms with E-state index in [-0.39, 0.29) is 24.2 Å². The third kappa shape index (κ3) is 4.18. The van der Waals surface area contributed by atoms with Crippen LogP contribution in [0, 0.1) is 0 Å². The van der Waals surface area contributed by atoms with Gasteiger partial charge < -0.3 is 15.3 Å². The van der Waals surface area contributed by atoms with Crippen molar-refractivity contribution >= 4 is 17.8 Å². The lowest BCUT2D eigenvalue weighted by Crippen LogP contribution is -2.43. The number of aromatic nitrogens is 1. The van der Waals surface area contributed by atoms with Gasteiger partial charge in [0, 0.05) is 12.7 Å². The van der Waals surface area contributed by atoms with Gasteiger partial charge in [-0.1, -0.05) is 0 Å². The first-order valence-corrected chi connectivity index (χ1v) is 6.53. The molecule has 1 unspecified atom stereocenters. The van der Waals surface area contributed by atoms with E-state index in [2.05, 4.69) is 10.3 Å². The number of halogens is 3. The third-order valence-corrected chi connectivity index (χ3v) is 3.22. The van der Waals surface area contributed by atoms with Gasteiger partial charge in [0.1, 0.15) is 18.3 Å². The molecule has 1 aliphatic heterocycles. The lowest BCUT2D eigenvalue weighted by atomic mass is 10.2. The quantitative estimate of drug-likeness (QED) is 0.845. The lowest BCUT2D eigenvalue weighted by molar-refractivity contribution is -0.157. The summed E-state index contributed by atoms with van der Waals surface area (Å²) in [5, 5.41) is 11.0. The Morgan fingerprint density at radius 1 is 1.39 bits per heavy atom. The molecule has 2 rings (SSSR count). The molecule has 23 heavy (non-hydrogen) atoms. The topological polar surface area (TPSA) is 99.6 Å². The first-order chi connectivity index (χ1) is 10.7. The number of nitrogens with one attached hydrogen (secondary N) is 1. The van der Waals surface area contributed by atoms with Crippen molar-refractivity contribution in [2.75, 3.05) is 13.1 Å². The predicted molar refractivity (Wildman–Crippen MR) is 69.7 cm³/mol. The number of alkyl halides is 3. The van der Waals surface area contributed by atoms with Gasteiger partial charge in [0.2, 0.25) is 5.91 Å². The fraction of sp³-hybridized carbons (Fsp3) is 0.385. The van der Waals surface area contributed by atoms with Crippen LogP contribution in [0.1, 0.15) is 27.3 Å². The van der Waals surface area contributed by atoms with E-state index in [4.69, 9.17) is 5.11 Å². The standard InChI is InChI=1S/C13H12F3N3O4/c14-13(15,16)6-19-4-3-8(11(19)21)18-10(20)7-1-2-9(12(22)23)17-5-7/h1-2,5,8H,3-4,6H2,(H,18,20)(H,22,23). The maximum absolute atomic E-state index is 12.3. The molecule has 0 aromatic carbocycles. The zero-order valence-electron chi connectivity index (χ0n) is 11.6. The Kier molecular flexibility index (Phi) is 4.52. The number of aromatic carboxylic acids is 1. The van der Waals surface area contributed by atoms with E-state index < -0.39 is 36.5 Å². The minimum Gasteiger partial charge on any atom is -0.477 e. The zero-order chi connectivity index (χ0) is 17.2. The molecule has 2 heterocycles. The van der Waals surface area contributed by atoms with Crippen LogP contribution in [0.5, 0.6) is 0 Å². The molecule has 1 aromatic heterocycles. The molecule has 0 aliphatic carbocycles. The molecular formula is C13H12F3N3O4. The smallest absolute Gasteiger partial charge is 0.406 e. The van der Waals surface area contributed by atoms with Crippen molar-refractivity contribution < 1.29 is 32.7 Å². The van der Waals surface area contributed by atoms with E-state index in [0.29, 0.717) is 4.90 Å². The highest BCUT2D eigenvalue weighted by molar-refractivity contribution is 5.98. The third-order valence-electron chi connectivity index (χ3n) is 3.22. The number of carbonyl (C=O) groups excluding carboxylic acids is 2. The van der Waals surface area contributed by atoms with Crippen LogP contribution in [0.4, 0.5) is 13.2 Å². The number of nitrogens with zero attached hydrogens (tertiary/aromatic N) is 2. The minimum absolute atomic E-state index is 0.0112. The van der Waals surface area contributed by atoms with Gasteiger partial charge in [0.05, 0.1) is 5.56 Å². The first-order valence-electron chi connectivity index (χ1n) is 6.53. The van der Waals surface area contributed by atoms with Crippen molar-refractivity contribution in [2.24, 2.45) is 0 Å². The second kappa shape index (κ2) is 6.23. The number of hydrogen-bond donors (Lipinski definition) is 2. The highest BCUT2D eigenvalue weighted by Crippen LogP contribution is 2.21. The van der Waals surface area contributed by atoms with Gasteiger partial charge in [-0.15, -0.1) is 0 Å². The van der Waals surface area contributed by atoms with Gasteiger partial charge in [-0.25, -0.2) is 9.78 Å². The summed E-state index contributed by atoms with van der Waals surface area (Å²) in [5.74, 6) is -2.77. The fourth-order valence-corrected chi connectivity index (χ4v) is 2.14. The summed E-state index contributed by atoms with van der Waals surface area (Å²) in [6.45, 7) is -1.45. The molecule has 124 valence electrons. The maximum atomic E-state index is 12.3. The van der Waals surface area contributed by atoms with Crippen LogP contribution in [-0.4, -0.2) is 58.1 Å². The summed E-state index contributed by atoms with van der Waals surface area (Å²) in [6, 6.07) is 1.28. The molecular weight excluding hydrogens is 319 g/mol. The lowest BCUT2D eigenvalue weighted by Gasteiger charge is -2.18. The molecule has 0 saturated carbocycles. The Morgan fingerprint density at radius 2 is 2.09 bits per heavy atom. The molecule has 2 N–H and O–H groups in total. The average Bonchev–Trinajstić information content (AvgIpc) is 2.78. The Morgan fingerprint density at radius 3 is 2.61 bits per heavy atom. The van der Waals surface area contributed by atoms with E-state index in [9.17, 15) is 27.6 Å². The van der Waals surface area contributed by atoms with Crippen LogP contribution in [0.15, 0.2) is 18.3 Å². The SMILES string of the molecule is O=C(NC1CCN(CC(F)(F)F)C1=O)c1ccc(C(=O)O)nc1. The number of likely N-dealkylation sites (tertiary alicyclic amines) is 1. The highest BCUT2D eigenvalue weighted by atomic mass is 19.4. The monoisotopic (exact) mass is 331 g/mol. The zero-order valence-corrected chi connectivity index (χ0v) is 11.6. The van der Waals surface area contributed by atoms with E-state index in [0.717, 1.165) is 12.3 Å². The Balaban J connectivity index is 1.98. The first kappa shape index (κ1) is 16.7. The van der Waals surface area contributed by atoms with Gasteiger partial charge in [0.25, 0.3) is 5.91 Å². The summed E-state index contributed by atoms with van der Waals surface area (Å²) < 4.78 is 36.9. The molecule has 1 fully saturated rings. The van der Waals surface area contributed by atoms with Crippen LogP contribution in [0.25, 0.3) is 0 Å². The Bertz CT molecular complexity index is 630. The second-order valence-electron chi connectivity index (χ2n) is 4.93. The normalized spacial score (nSPS) is 18.1. The van der Waals surface area contributed by atoms with Crippen LogP contribution in [0.2, 0.25) is 0 Å². The number of carbonyl (C=O) groups is 3. The summed E-state index contributed by atoms with van der Waals surface area (Å²) in [5.41, 5.74) is -0.244. The van der Waals surface area contributed by atoms with Crippen molar-refractivity contribution in [3.63, 3.8) is 0 Å². The Labute approximate surface area is 128 Å². The molecule has 1 aromatic rings. The molecule has 7 nitrogen and oxygen atoms in total. The van der Waals surface area contributed by atoms with E-state index >= 15 is 0 Å². The van der Waals surface area contributed by atoms with Crippen LogP contribution in [0.3, 0.4) is 0 Å². The molecule has 0 bridgehead atoms. The van der Waals surface area contributed by atoms with E-state index in [1.165, 1.54) is 6.07 Å². The van der Waals surface area contributed by atoms with Crippen LogP contribution < -0.4 is 5.32 Å². The minimum atomic E-state index is -4.49.